The lowest BCUT2D eigenvalue weighted by Gasteiger charge is -2.48. The Morgan fingerprint density at radius 2 is 0.831 bits per heavy atom. The van der Waals surface area contributed by atoms with E-state index in [1.165, 1.54) is 89.9 Å². The van der Waals surface area contributed by atoms with Gasteiger partial charge in [-0.2, -0.15) is 0 Å². The first-order valence-electron chi connectivity index (χ1n) is 31.3. The van der Waals surface area contributed by atoms with Gasteiger partial charge < -0.3 is 89.9 Å². The summed E-state index contributed by atoms with van der Waals surface area (Å²) in [5.74, 6) is -0.360. The molecule has 478 valence electrons. The zero-order valence-corrected chi connectivity index (χ0v) is 49.9. The second-order valence-electron chi connectivity index (χ2n) is 22.1. The molecule has 0 aromatic heterocycles. The molecule has 3 heterocycles. The van der Waals surface area contributed by atoms with Crippen LogP contribution in [0.3, 0.4) is 0 Å². The number of rotatable bonds is 45. The normalized spacial score (nSPS) is 30.0. The number of carbonyl (C=O) groups is 1. The number of ether oxygens (including phenoxy) is 6. The van der Waals surface area contributed by atoms with E-state index in [4.69, 9.17) is 28.4 Å². The third kappa shape index (κ3) is 29.5. The summed E-state index contributed by atoms with van der Waals surface area (Å²) in [5, 5.41) is 120. The molecule has 3 aliphatic heterocycles. The van der Waals surface area contributed by atoms with Gasteiger partial charge in [0.15, 0.2) is 18.9 Å². The van der Waals surface area contributed by atoms with Gasteiger partial charge >= 0.3 is 0 Å². The lowest BCUT2D eigenvalue weighted by atomic mass is 9.96. The molecule has 83 heavy (non-hydrogen) atoms. The average molecular weight is 1180 g/mol. The molecule has 17 atom stereocenters. The summed E-state index contributed by atoms with van der Waals surface area (Å²) >= 11 is 0. The van der Waals surface area contributed by atoms with Gasteiger partial charge in [-0.25, -0.2) is 0 Å². The predicted octanol–water partition coefficient (Wildman–Crippen LogP) is 6.37. The molecule has 17 unspecified atom stereocenters. The maximum absolute atomic E-state index is 13.3. The fourth-order valence-electron chi connectivity index (χ4n) is 10.1. The smallest absolute Gasteiger partial charge is 0.220 e. The Morgan fingerprint density at radius 1 is 0.446 bits per heavy atom. The average Bonchev–Trinajstić information content (AvgIpc) is 3.43. The van der Waals surface area contributed by atoms with Crippen LogP contribution in [0, 0.1) is 0 Å². The molecule has 0 spiro atoms. The van der Waals surface area contributed by atoms with E-state index in [1.807, 2.05) is 18.2 Å². The zero-order valence-electron chi connectivity index (χ0n) is 49.9. The Balaban J connectivity index is 1.52. The summed E-state index contributed by atoms with van der Waals surface area (Å²) in [7, 11) is 0. The standard InChI is InChI=1S/C64H109NO18/c1-3-5-7-9-11-13-15-17-19-21-23-25-27-29-31-33-35-37-39-41-48(69)47(65-52(70)42-40-38-36-34-32-30-28-26-24-22-20-18-16-14-12-10-8-6-4-2)46-78-62-58(76)55(73)60(50(44-67)80-62)83-64-59(77)56(74)61(51(45-68)81-64)82-63-57(75)54(72)53(71)49(43-66)79-63/h6,8,12,14,18,20,24,26,30,32,36,38-39,41,47-51,53-64,66-69,71-77H,3-5,7,9-11,13,15-17,19,21-23,25,27-29,31,33-35,37,40,42-46H2,1-2H3,(H,65,70)/b8-6-,14-12-,20-18-,26-24-,32-30-,38-36-,41-39+. The van der Waals surface area contributed by atoms with E-state index in [0.717, 1.165) is 57.8 Å². The second kappa shape index (κ2) is 46.2. The SMILES string of the molecule is CC/C=C\C/C=C\C/C=C\C/C=C\C/C=C\C/C=C\CCC(=O)NC(COC1OC(CO)C(OC2OC(CO)C(OC3OC(CO)C(O)C(O)C3O)C(O)C2O)C(O)C1O)C(O)/C=C/CCCCCCCCCCCCCCCCCCC. The van der Waals surface area contributed by atoms with Crippen LogP contribution in [-0.4, -0.2) is 193 Å². The molecule has 0 bridgehead atoms. The Hall–Kier alpha value is -3.03. The van der Waals surface area contributed by atoms with Crippen molar-refractivity contribution in [2.24, 2.45) is 0 Å². The van der Waals surface area contributed by atoms with Gasteiger partial charge in [-0.1, -0.05) is 202 Å². The lowest BCUT2D eigenvalue weighted by Crippen LogP contribution is -2.66. The van der Waals surface area contributed by atoms with Gasteiger partial charge in [0.25, 0.3) is 0 Å². The highest BCUT2D eigenvalue weighted by Gasteiger charge is 2.53. The summed E-state index contributed by atoms with van der Waals surface area (Å²) in [6.07, 6.45) is 30.0. The van der Waals surface area contributed by atoms with E-state index in [9.17, 15) is 61.0 Å². The van der Waals surface area contributed by atoms with Gasteiger partial charge in [-0.3, -0.25) is 4.79 Å². The monoisotopic (exact) mass is 1180 g/mol. The molecule has 3 saturated heterocycles. The minimum absolute atomic E-state index is 0.114. The Morgan fingerprint density at radius 3 is 1.28 bits per heavy atom. The van der Waals surface area contributed by atoms with Crippen LogP contribution in [0.1, 0.15) is 181 Å². The number of allylic oxidation sites excluding steroid dienone is 13. The predicted molar refractivity (Wildman–Crippen MR) is 318 cm³/mol. The van der Waals surface area contributed by atoms with Crippen molar-refractivity contribution in [2.45, 2.75) is 285 Å². The third-order valence-corrected chi connectivity index (χ3v) is 15.2. The van der Waals surface area contributed by atoms with E-state index >= 15 is 0 Å². The zero-order chi connectivity index (χ0) is 60.5. The van der Waals surface area contributed by atoms with Gasteiger partial charge in [0.2, 0.25) is 5.91 Å². The first kappa shape index (κ1) is 74.2. The summed E-state index contributed by atoms with van der Waals surface area (Å²) < 4.78 is 34.2. The van der Waals surface area contributed by atoms with Crippen molar-refractivity contribution in [3.8, 4) is 0 Å². The molecule has 12 N–H and O–H groups in total. The Bertz CT molecular complexity index is 1840. The molecule has 3 rings (SSSR count). The van der Waals surface area contributed by atoms with Crippen molar-refractivity contribution in [3.63, 3.8) is 0 Å². The molecule has 0 radical (unpaired) electrons. The summed E-state index contributed by atoms with van der Waals surface area (Å²) in [4.78, 5) is 13.3. The molecule has 0 aromatic rings. The molecule has 0 aliphatic carbocycles. The number of aliphatic hydroxyl groups is 11. The highest BCUT2D eigenvalue weighted by molar-refractivity contribution is 5.76. The van der Waals surface area contributed by atoms with Crippen LogP contribution in [0.2, 0.25) is 0 Å². The number of unbranched alkanes of at least 4 members (excludes halogenated alkanes) is 17. The van der Waals surface area contributed by atoms with Crippen LogP contribution in [-0.2, 0) is 33.2 Å². The first-order valence-corrected chi connectivity index (χ1v) is 31.3. The number of hydrogen-bond donors (Lipinski definition) is 12. The van der Waals surface area contributed by atoms with E-state index in [1.54, 1.807) is 6.08 Å². The van der Waals surface area contributed by atoms with Crippen LogP contribution in [0.4, 0.5) is 0 Å². The van der Waals surface area contributed by atoms with Crippen molar-refractivity contribution >= 4 is 5.91 Å². The van der Waals surface area contributed by atoms with Crippen LogP contribution in [0.25, 0.3) is 0 Å². The fourth-order valence-corrected chi connectivity index (χ4v) is 10.1. The van der Waals surface area contributed by atoms with Crippen molar-refractivity contribution in [2.75, 3.05) is 26.4 Å². The van der Waals surface area contributed by atoms with Crippen molar-refractivity contribution in [1.82, 2.24) is 5.32 Å². The molecular weight excluding hydrogens is 1070 g/mol. The Kier molecular flexibility index (Phi) is 41.3. The molecular formula is C64H109NO18. The molecule has 0 aromatic carbocycles. The number of aliphatic hydroxyl groups excluding tert-OH is 11. The van der Waals surface area contributed by atoms with Gasteiger partial charge in [0.05, 0.1) is 38.6 Å². The van der Waals surface area contributed by atoms with Crippen LogP contribution in [0.5, 0.6) is 0 Å². The van der Waals surface area contributed by atoms with Crippen LogP contribution >= 0.6 is 0 Å². The maximum atomic E-state index is 13.3. The topological polar surface area (TPSA) is 307 Å². The largest absolute Gasteiger partial charge is 0.394 e. The molecule has 3 fully saturated rings. The molecule has 1 amide bonds. The molecule has 19 heteroatoms. The molecule has 0 saturated carbocycles. The van der Waals surface area contributed by atoms with Gasteiger partial charge in [-0.15, -0.1) is 0 Å². The van der Waals surface area contributed by atoms with E-state index in [0.29, 0.717) is 12.8 Å². The number of amides is 1. The van der Waals surface area contributed by atoms with Crippen molar-refractivity contribution in [1.29, 1.82) is 0 Å². The summed E-state index contributed by atoms with van der Waals surface area (Å²) in [6.45, 7) is 1.55. The summed E-state index contributed by atoms with van der Waals surface area (Å²) in [6, 6.07) is -1.02. The summed E-state index contributed by atoms with van der Waals surface area (Å²) in [5.41, 5.74) is 0. The Labute approximate surface area is 495 Å². The second-order valence-corrected chi connectivity index (χ2v) is 22.1. The van der Waals surface area contributed by atoms with Crippen molar-refractivity contribution < 1.29 is 89.4 Å². The molecule has 19 nitrogen and oxygen atoms in total. The van der Waals surface area contributed by atoms with E-state index < -0.39 is 124 Å². The molecule has 3 aliphatic rings. The van der Waals surface area contributed by atoms with E-state index in [-0.39, 0.29) is 18.9 Å². The van der Waals surface area contributed by atoms with Gasteiger partial charge in [-0.05, 0) is 57.8 Å². The number of carbonyl (C=O) groups excluding carboxylic acids is 1. The minimum atomic E-state index is -1.99. The minimum Gasteiger partial charge on any atom is -0.394 e. The number of hydrogen-bond acceptors (Lipinski definition) is 18. The van der Waals surface area contributed by atoms with Crippen molar-refractivity contribution in [3.05, 3.63) is 85.1 Å². The lowest BCUT2D eigenvalue weighted by molar-refractivity contribution is -0.379. The highest BCUT2D eigenvalue weighted by Crippen LogP contribution is 2.33. The fraction of sp³-hybridized carbons (Fsp3) is 0.766. The van der Waals surface area contributed by atoms with Gasteiger partial charge in [0, 0.05) is 6.42 Å². The van der Waals surface area contributed by atoms with E-state index in [2.05, 4.69) is 79.9 Å². The third-order valence-electron chi connectivity index (χ3n) is 15.2. The first-order chi connectivity index (χ1) is 40.3. The quantitative estimate of drug-likeness (QED) is 0.0233. The highest BCUT2D eigenvalue weighted by atomic mass is 16.8. The maximum Gasteiger partial charge on any atom is 0.220 e. The van der Waals surface area contributed by atoms with Crippen LogP contribution in [0.15, 0.2) is 85.1 Å². The van der Waals surface area contributed by atoms with Crippen LogP contribution < -0.4 is 5.32 Å². The number of nitrogens with one attached hydrogen (secondary N) is 1. The van der Waals surface area contributed by atoms with Gasteiger partial charge in [0.1, 0.15) is 73.2 Å².